The zero-order valence-electron chi connectivity index (χ0n) is 15.4. The van der Waals surface area contributed by atoms with Gasteiger partial charge in [-0.15, -0.1) is 0 Å². The largest absolute Gasteiger partial charge is 0.336 e. The van der Waals surface area contributed by atoms with E-state index in [-0.39, 0.29) is 10.8 Å². The standard InChI is InChI=1S/C21H23N3O2S/c1-16-15-27-21(26)24(16)14-11-22-9-12-23(13-10-22)20(25)19-8-4-6-17-5-2-3-7-18(17)19/h2-8,15H,9-14H2,1H3. The van der Waals surface area contributed by atoms with Crippen molar-refractivity contribution < 1.29 is 4.79 Å². The molecule has 0 spiro atoms. The van der Waals surface area contributed by atoms with Crippen LogP contribution in [0.1, 0.15) is 16.1 Å². The molecule has 1 fully saturated rings. The van der Waals surface area contributed by atoms with Crippen LogP contribution < -0.4 is 4.87 Å². The molecule has 1 amide bonds. The Morgan fingerprint density at radius 3 is 2.48 bits per heavy atom. The summed E-state index contributed by atoms with van der Waals surface area (Å²) in [4.78, 5) is 29.2. The van der Waals surface area contributed by atoms with Gasteiger partial charge in [0.2, 0.25) is 0 Å². The van der Waals surface area contributed by atoms with Gasteiger partial charge in [0.15, 0.2) is 0 Å². The molecule has 27 heavy (non-hydrogen) atoms. The molecule has 1 aliphatic heterocycles. The van der Waals surface area contributed by atoms with E-state index in [2.05, 4.69) is 4.90 Å². The summed E-state index contributed by atoms with van der Waals surface area (Å²) < 4.78 is 1.83. The Bertz CT molecular complexity index is 1010. The molecule has 0 radical (unpaired) electrons. The Labute approximate surface area is 162 Å². The molecule has 0 aliphatic carbocycles. The summed E-state index contributed by atoms with van der Waals surface area (Å²) >= 11 is 1.26. The predicted octanol–water partition coefficient (Wildman–Crippen LogP) is 2.83. The van der Waals surface area contributed by atoms with Gasteiger partial charge in [-0.2, -0.15) is 0 Å². The van der Waals surface area contributed by atoms with Crippen molar-refractivity contribution >= 4 is 28.0 Å². The first-order valence-corrected chi connectivity index (χ1v) is 10.2. The molecule has 1 saturated heterocycles. The number of piperazine rings is 1. The zero-order valence-corrected chi connectivity index (χ0v) is 16.2. The highest BCUT2D eigenvalue weighted by molar-refractivity contribution is 7.07. The van der Waals surface area contributed by atoms with Gasteiger partial charge in [-0.25, -0.2) is 0 Å². The number of carbonyl (C=O) groups is 1. The normalized spacial score (nSPS) is 15.4. The average Bonchev–Trinajstić information content (AvgIpc) is 3.03. The van der Waals surface area contributed by atoms with Gasteiger partial charge in [0, 0.05) is 55.9 Å². The Morgan fingerprint density at radius 2 is 1.74 bits per heavy atom. The van der Waals surface area contributed by atoms with E-state index in [1.807, 2.05) is 64.2 Å². The predicted molar refractivity (Wildman–Crippen MR) is 110 cm³/mol. The number of benzene rings is 2. The lowest BCUT2D eigenvalue weighted by Gasteiger charge is -2.35. The molecule has 3 aromatic rings. The summed E-state index contributed by atoms with van der Waals surface area (Å²) in [5.74, 6) is 0.108. The number of rotatable bonds is 4. The lowest BCUT2D eigenvalue weighted by Crippen LogP contribution is -2.49. The second kappa shape index (κ2) is 7.66. The van der Waals surface area contributed by atoms with Crippen LogP contribution in [0, 0.1) is 6.92 Å². The third kappa shape index (κ3) is 3.68. The molecule has 2 heterocycles. The van der Waals surface area contributed by atoms with Crippen LogP contribution in [0.15, 0.2) is 52.6 Å². The highest BCUT2D eigenvalue weighted by Gasteiger charge is 2.23. The van der Waals surface area contributed by atoms with Gasteiger partial charge in [-0.05, 0) is 23.8 Å². The van der Waals surface area contributed by atoms with Crippen LogP contribution in [0.25, 0.3) is 10.8 Å². The SMILES string of the molecule is Cc1csc(=O)n1CCN1CCN(C(=O)c2cccc3ccccc23)CC1. The van der Waals surface area contributed by atoms with Gasteiger partial charge in [0.1, 0.15) is 0 Å². The van der Waals surface area contributed by atoms with Crippen molar-refractivity contribution in [1.82, 2.24) is 14.4 Å². The van der Waals surface area contributed by atoms with E-state index in [1.54, 1.807) is 0 Å². The zero-order chi connectivity index (χ0) is 18.8. The van der Waals surface area contributed by atoms with Crippen molar-refractivity contribution in [3.8, 4) is 0 Å². The highest BCUT2D eigenvalue weighted by atomic mass is 32.1. The molecule has 5 nitrogen and oxygen atoms in total. The van der Waals surface area contributed by atoms with Crippen LogP contribution in [0.2, 0.25) is 0 Å². The van der Waals surface area contributed by atoms with Crippen LogP contribution in [0.3, 0.4) is 0 Å². The Hall–Kier alpha value is -2.44. The van der Waals surface area contributed by atoms with Gasteiger partial charge in [0.25, 0.3) is 5.91 Å². The summed E-state index contributed by atoms with van der Waals surface area (Å²) in [6.07, 6.45) is 0. The Balaban J connectivity index is 1.39. The second-order valence-corrected chi connectivity index (χ2v) is 7.78. The molecule has 1 aromatic heterocycles. The van der Waals surface area contributed by atoms with Crippen LogP contribution in [-0.4, -0.2) is 53.0 Å². The van der Waals surface area contributed by atoms with Gasteiger partial charge in [-0.1, -0.05) is 47.7 Å². The van der Waals surface area contributed by atoms with E-state index < -0.39 is 0 Å². The Morgan fingerprint density at radius 1 is 1.00 bits per heavy atom. The number of nitrogens with zero attached hydrogens (tertiary/aromatic N) is 3. The molecule has 6 heteroatoms. The Kier molecular flexibility index (Phi) is 5.09. The molecule has 2 aromatic carbocycles. The summed E-state index contributed by atoms with van der Waals surface area (Å²) in [7, 11) is 0. The van der Waals surface area contributed by atoms with Crippen LogP contribution >= 0.6 is 11.3 Å². The van der Waals surface area contributed by atoms with Crippen molar-refractivity contribution in [2.75, 3.05) is 32.7 Å². The maximum atomic E-state index is 13.0. The van der Waals surface area contributed by atoms with Gasteiger partial charge >= 0.3 is 4.87 Å². The average molecular weight is 382 g/mol. The molecular formula is C21H23N3O2S. The number of hydrogen-bond acceptors (Lipinski definition) is 4. The van der Waals surface area contributed by atoms with E-state index in [0.717, 1.165) is 54.8 Å². The fourth-order valence-corrected chi connectivity index (χ4v) is 4.43. The van der Waals surface area contributed by atoms with E-state index in [1.165, 1.54) is 11.3 Å². The quantitative estimate of drug-likeness (QED) is 0.698. The number of fused-ring (bicyclic) bond motifs is 1. The lowest BCUT2D eigenvalue weighted by molar-refractivity contribution is 0.0635. The van der Waals surface area contributed by atoms with E-state index in [9.17, 15) is 9.59 Å². The third-order valence-electron chi connectivity index (χ3n) is 5.30. The second-order valence-electron chi connectivity index (χ2n) is 6.96. The number of carbonyl (C=O) groups excluding carboxylic acids is 1. The minimum atomic E-state index is 0.108. The number of thiazole rings is 1. The number of hydrogen-bond donors (Lipinski definition) is 0. The molecule has 1 aliphatic rings. The van der Waals surface area contributed by atoms with E-state index in [4.69, 9.17) is 0 Å². The van der Waals surface area contributed by atoms with Crippen LogP contribution in [0.4, 0.5) is 0 Å². The molecular weight excluding hydrogens is 358 g/mol. The van der Waals surface area contributed by atoms with Crippen molar-refractivity contribution in [3.05, 3.63) is 68.8 Å². The van der Waals surface area contributed by atoms with Crippen molar-refractivity contribution in [3.63, 3.8) is 0 Å². The monoisotopic (exact) mass is 381 g/mol. The van der Waals surface area contributed by atoms with Crippen molar-refractivity contribution in [1.29, 1.82) is 0 Å². The highest BCUT2D eigenvalue weighted by Crippen LogP contribution is 2.20. The van der Waals surface area contributed by atoms with Crippen LogP contribution in [-0.2, 0) is 6.54 Å². The smallest absolute Gasteiger partial charge is 0.307 e. The topological polar surface area (TPSA) is 45.6 Å². The summed E-state index contributed by atoms with van der Waals surface area (Å²) in [6.45, 7) is 6.65. The first-order valence-electron chi connectivity index (χ1n) is 9.28. The molecule has 0 atom stereocenters. The van der Waals surface area contributed by atoms with E-state index >= 15 is 0 Å². The molecule has 0 bridgehead atoms. The number of aromatic nitrogens is 1. The molecule has 140 valence electrons. The number of aryl methyl sites for hydroxylation is 1. The maximum Gasteiger partial charge on any atom is 0.307 e. The fraction of sp³-hybridized carbons (Fsp3) is 0.333. The van der Waals surface area contributed by atoms with Crippen molar-refractivity contribution in [2.24, 2.45) is 0 Å². The lowest BCUT2D eigenvalue weighted by atomic mass is 10.0. The first kappa shape index (κ1) is 17.9. The molecule has 4 rings (SSSR count). The van der Waals surface area contributed by atoms with Gasteiger partial charge < -0.3 is 9.47 Å². The fourth-order valence-electron chi connectivity index (χ4n) is 3.67. The minimum Gasteiger partial charge on any atom is -0.336 e. The van der Waals surface area contributed by atoms with Gasteiger partial charge in [0.05, 0.1) is 0 Å². The molecule has 0 saturated carbocycles. The van der Waals surface area contributed by atoms with Crippen molar-refractivity contribution in [2.45, 2.75) is 13.5 Å². The minimum absolute atomic E-state index is 0.108. The molecule has 0 N–H and O–H groups in total. The summed E-state index contributed by atoms with van der Waals surface area (Å²) in [6, 6.07) is 13.9. The summed E-state index contributed by atoms with van der Waals surface area (Å²) in [5, 5.41) is 4.02. The number of amides is 1. The van der Waals surface area contributed by atoms with Crippen LogP contribution in [0.5, 0.6) is 0 Å². The third-order valence-corrected chi connectivity index (χ3v) is 6.18. The first-order chi connectivity index (χ1) is 13.1. The van der Waals surface area contributed by atoms with Gasteiger partial charge in [-0.3, -0.25) is 14.5 Å². The summed E-state index contributed by atoms with van der Waals surface area (Å²) in [5.41, 5.74) is 1.80. The molecule has 0 unspecified atom stereocenters. The van der Waals surface area contributed by atoms with E-state index in [0.29, 0.717) is 6.54 Å². The maximum absolute atomic E-state index is 13.0.